The molecule has 136 valence electrons. The van der Waals surface area contributed by atoms with Gasteiger partial charge in [-0.1, -0.05) is 0 Å². The van der Waals surface area contributed by atoms with Crippen LogP contribution in [0.5, 0.6) is 5.75 Å². The Morgan fingerprint density at radius 2 is 2.19 bits per heavy atom. The third-order valence-corrected chi connectivity index (χ3v) is 3.87. The lowest BCUT2D eigenvalue weighted by Crippen LogP contribution is -2.13. The number of nitrogens with zero attached hydrogens (tertiary/aromatic N) is 4. The van der Waals surface area contributed by atoms with E-state index in [-0.39, 0.29) is 25.4 Å². The SMILES string of the molecule is CCOC(=O)CCc1c(C)c2ccc(OCc3nnn[n-]3)cc2oc1=O. The number of esters is 1. The van der Waals surface area contributed by atoms with E-state index in [2.05, 4.69) is 20.6 Å². The van der Waals surface area contributed by atoms with Crippen molar-refractivity contribution in [2.75, 3.05) is 6.61 Å². The summed E-state index contributed by atoms with van der Waals surface area (Å²) in [5, 5.41) is 14.9. The first-order valence-electron chi connectivity index (χ1n) is 8.11. The highest BCUT2D eigenvalue weighted by atomic mass is 16.5. The maximum absolute atomic E-state index is 12.3. The molecule has 0 saturated heterocycles. The molecule has 3 aromatic rings. The van der Waals surface area contributed by atoms with Gasteiger partial charge in [-0.3, -0.25) is 15.1 Å². The lowest BCUT2D eigenvalue weighted by molar-refractivity contribution is -0.143. The van der Waals surface area contributed by atoms with Crippen molar-refractivity contribution in [2.24, 2.45) is 0 Å². The number of tetrazole rings is 1. The Morgan fingerprint density at radius 1 is 1.35 bits per heavy atom. The predicted molar refractivity (Wildman–Crippen MR) is 89.7 cm³/mol. The second kappa shape index (κ2) is 7.77. The average Bonchev–Trinajstić information content (AvgIpc) is 3.13. The van der Waals surface area contributed by atoms with E-state index in [1.54, 1.807) is 25.1 Å². The zero-order chi connectivity index (χ0) is 18.5. The van der Waals surface area contributed by atoms with Crippen LogP contribution in [0.2, 0.25) is 0 Å². The number of hydrogen-bond donors (Lipinski definition) is 0. The summed E-state index contributed by atoms with van der Waals surface area (Å²) in [5.41, 5.74) is 1.19. The number of hydrogen-bond acceptors (Lipinski definition) is 8. The number of aromatic nitrogens is 4. The fourth-order valence-electron chi connectivity index (χ4n) is 2.58. The van der Waals surface area contributed by atoms with E-state index in [0.29, 0.717) is 29.3 Å². The predicted octanol–water partition coefficient (Wildman–Crippen LogP) is 1.32. The smallest absolute Gasteiger partial charge is 0.339 e. The first-order valence-corrected chi connectivity index (χ1v) is 8.11. The van der Waals surface area contributed by atoms with Gasteiger partial charge in [-0.25, -0.2) is 4.79 Å². The topological polar surface area (TPSA) is 119 Å². The lowest BCUT2D eigenvalue weighted by atomic mass is 10.0. The van der Waals surface area contributed by atoms with E-state index < -0.39 is 5.63 Å². The van der Waals surface area contributed by atoms with Gasteiger partial charge in [0.15, 0.2) is 0 Å². The minimum Gasteiger partial charge on any atom is -0.488 e. The van der Waals surface area contributed by atoms with Crippen LogP contribution >= 0.6 is 0 Å². The third-order valence-electron chi connectivity index (χ3n) is 3.87. The first-order chi connectivity index (χ1) is 12.6. The summed E-state index contributed by atoms with van der Waals surface area (Å²) < 4.78 is 15.8. The second-order valence-corrected chi connectivity index (χ2v) is 5.54. The van der Waals surface area contributed by atoms with Gasteiger partial charge in [-0.05, 0) is 38.0 Å². The number of benzene rings is 1. The van der Waals surface area contributed by atoms with Crippen LogP contribution < -0.4 is 15.5 Å². The molecule has 3 rings (SSSR count). The van der Waals surface area contributed by atoms with Crippen LogP contribution in [0, 0.1) is 6.92 Å². The number of rotatable bonds is 7. The van der Waals surface area contributed by atoms with Crippen LogP contribution in [0.15, 0.2) is 27.4 Å². The van der Waals surface area contributed by atoms with E-state index in [1.807, 2.05) is 6.92 Å². The molecule has 0 unspecified atom stereocenters. The molecule has 0 aliphatic carbocycles. The number of aryl methyl sites for hydroxylation is 1. The van der Waals surface area contributed by atoms with Crippen molar-refractivity contribution >= 4 is 16.9 Å². The van der Waals surface area contributed by atoms with Crippen molar-refractivity contribution in [3.05, 3.63) is 45.6 Å². The van der Waals surface area contributed by atoms with Gasteiger partial charge in [-0.2, -0.15) is 5.21 Å². The largest absolute Gasteiger partial charge is 0.488 e. The van der Waals surface area contributed by atoms with Gasteiger partial charge in [0, 0.05) is 29.3 Å². The van der Waals surface area contributed by atoms with Crippen molar-refractivity contribution in [3.8, 4) is 5.75 Å². The molecule has 0 bridgehead atoms. The van der Waals surface area contributed by atoms with Crippen molar-refractivity contribution in [2.45, 2.75) is 33.3 Å². The zero-order valence-corrected chi connectivity index (χ0v) is 14.4. The molecule has 1 aromatic carbocycles. The maximum atomic E-state index is 12.3. The average molecular weight is 357 g/mol. The summed E-state index contributed by atoms with van der Waals surface area (Å²) in [6.07, 6.45) is 0.406. The van der Waals surface area contributed by atoms with Crippen molar-refractivity contribution in [1.29, 1.82) is 0 Å². The van der Waals surface area contributed by atoms with E-state index in [0.717, 1.165) is 10.9 Å². The van der Waals surface area contributed by atoms with Gasteiger partial charge in [0.25, 0.3) is 0 Å². The lowest BCUT2D eigenvalue weighted by Gasteiger charge is -2.10. The minimum absolute atomic E-state index is 0.110. The number of carbonyl (C=O) groups excluding carboxylic acids is 1. The fourth-order valence-corrected chi connectivity index (χ4v) is 2.58. The fraction of sp³-hybridized carbons (Fsp3) is 0.353. The van der Waals surface area contributed by atoms with Gasteiger partial charge in [0.2, 0.25) is 0 Å². The number of fused-ring (bicyclic) bond motifs is 1. The molecule has 0 aliphatic heterocycles. The van der Waals surface area contributed by atoms with Gasteiger partial charge >= 0.3 is 11.6 Å². The summed E-state index contributed by atoms with van der Waals surface area (Å²) in [5.74, 6) is 0.523. The standard InChI is InChI=1S/C17H17N4O5/c1-3-24-16(22)7-6-13-10(2)12-5-4-11(8-14(12)26-17(13)23)25-9-15-18-20-21-19-15/h4-5,8H,3,6-7,9H2,1-2H3/q-1. The zero-order valence-electron chi connectivity index (χ0n) is 14.4. The van der Waals surface area contributed by atoms with E-state index >= 15 is 0 Å². The monoisotopic (exact) mass is 357 g/mol. The van der Waals surface area contributed by atoms with Crippen LogP contribution in [0.25, 0.3) is 11.0 Å². The molecule has 0 amide bonds. The van der Waals surface area contributed by atoms with Crippen molar-refractivity contribution in [3.63, 3.8) is 0 Å². The maximum Gasteiger partial charge on any atom is 0.339 e. The van der Waals surface area contributed by atoms with Crippen LogP contribution in [0.1, 0.15) is 30.3 Å². The highest BCUT2D eigenvalue weighted by molar-refractivity contribution is 5.82. The molecule has 0 fully saturated rings. The Hall–Kier alpha value is -3.23. The molecule has 9 heteroatoms. The number of ether oxygens (including phenoxy) is 2. The Labute approximate surface area is 148 Å². The third kappa shape index (κ3) is 3.88. The van der Waals surface area contributed by atoms with Gasteiger partial charge in [-0.15, -0.1) is 0 Å². The summed E-state index contributed by atoms with van der Waals surface area (Å²) in [4.78, 5) is 23.8. The van der Waals surface area contributed by atoms with E-state index in [9.17, 15) is 9.59 Å². The molecule has 0 spiro atoms. The second-order valence-electron chi connectivity index (χ2n) is 5.54. The summed E-state index contributed by atoms with van der Waals surface area (Å²) in [7, 11) is 0. The van der Waals surface area contributed by atoms with Crippen LogP contribution in [0.4, 0.5) is 0 Å². The van der Waals surface area contributed by atoms with E-state index in [4.69, 9.17) is 13.9 Å². The highest BCUT2D eigenvalue weighted by Crippen LogP contribution is 2.25. The summed E-state index contributed by atoms with van der Waals surface area (Å²) >= 11 is 0. The molecule has 2 aromatic heterocycles. The Bertz CT molecular complexity index is 965. The molecule has 0 aliphatic rings. The molecule has 0 saturated carbocycles. The van der Waals surface area contributed by atoms with Crippen LogP contribution in [-0.4, -0.2) is 28.1 Å². The Morgan fingerprint density at radius 3 is 2.92 bits per heavy atom. The molecule has 26 heavy (non-hydrogen) atoms. The van der Waals surface area contributed by atoms with Crippen molar-refractivity contribution in [1.82, 2.24) is 20.6 Å². The Balaban J connectivity index is 1.81. The molecule has 9 nitrogen and oxygen atoms in total. The van der Waals surface area contributed by atoms with Gasteiger partial charge < -0.3 is 19.0 Å². The highest BCUT2D eigenvalue weighted by Gasteiger charge is 2.14. The molecule has 0 atom stereocenters. The first kappa shape index (κ1) is 17.6. The molecule has 0 N–H and O–H groups in total. The minimum atomic E-state index is -0.468. The summed E-state index contributed by atoms with van der Waals surface area (Å²) in [6, 6.07) is 5.19. The number of carbonyl (C=O) groups is 1. The summed E-state index contributed by atoms with van der Waals surface area (Å²) in [6.45, 7) is 3.99. The van der Waals surface area contributed by atoms with E-state index in [1.165, 1.54) is 0 Å². The van der Waals surface area contributed by atoms with Crippen molar-refractivity contribution < 1.29 is 18.7 Å². The van der Waals surface area contributed by atoms with Gasteiger partial charge in [0.05, 0.1) is 6.61 Å². The van der Waals surface area contributed by atoms with Crippen LogP contribution in [-0.2, 0) is 22.6 Å². The quantitative estimate of drug-likeness (QED) is 0.455. The normalized spacial score (nSPS) is 10.8. The Kier molecular flexibility index (Phi) is 5.26. The molecular formula is C17H17N4O5-. The molecule has 0 radical (unpaired) electrons. The van der Waals surface area contributed by atoms with Gasteiger partial charge in [0.1, 0.15) is 17.9 Å². The van der Waals surface area contributed by atoms with Crippen LogP contribution in [0.3, 0.4) is 0 Å². The molecule has 2 heterocycles. The molecular weight excluding hydrogens is 340 g/mol.